The summed E-state index contributed by atoms with van der Waals surface area (Å²) >= 11 is 1.79. The number of nitrogens with two attached hydrogens (primary N) is 1. The van der Waals surface area contributed by atoms with Crippen LogP contribution < -0.4 is 5.73 Å². The van der Waals surface area contributed by atoms with E-state index in [0.717, 1.165) is 0 Å². The Morgan fingerprint density at radius 2 is 1.60 bits per heavy atom. The first-order chi connectivity index (χ1) is 9.56. The van der Waals surface area contributed by atoms with Crippen LogP contribution in [0.3, 0.4) is 0 Å². The van der Waals surface area contributed by atoms with Crippen molar-refractivity contribution in [3.05, 3.63) is 69.6 Å². The third-order valence-electron chi connectivity index (χ3n) is 3.97. The van der Waals surface area contributed by atoms with Gasteiger partial charge in [-0.15, -0.1) is 11.3 Å². The molecule has 0 saturated carbocycles. The average Bonchev–Trinajstić information content (AvgIpc) is 2.86. The molecule has 0 fully saturated rings. The van der Waals surface area contributed by atoms with Gasteiger partial charge in [0, 0.05) is 9.58 Å². The largest absolute Gasteiger partial charge is 0.320 e. The van der Waals surface area contributed by atoms with Gasteiger partial charge in [0.1, 0.15) is 0 Å². The Labute approximate surface area is 124 Å². The molecule has 102 valence electrons. The van der Waals surface area contributed by atoms with Gasteiger partial charge in [0.2, 0.25) is 0 Å². The van der Waals surface area contributed by atoms with Crippen LogP contribution in [0.15, 0.2) is 42.5 Å². The van der Waals surface area contributed by atoms with E-state index in [1.807, 2.05) is 0 Å². The van der Waals surface area contributed by atoms with Gasteiger partial charge in [-0.05, 0) is 60.5 Å². The smallest absolute Gasteiger partial charge is 0.0649 e. The highest BCUT2D eigenvalue weighted by Gasteiger charge is 2.15. The molecule has 0 saturated heterocycles. The zero-order valence-corrected chi connectivity index (χ0v) is 12.9. The minimum absolute atomic E-state index is 0.0355. The lowest BCUT2D eigenvalue weighted by molar-refractivity contribution is 0.879. The first-order valence-corrected chi connectivity index (χ1v) is 7.69. The monoisotopic (exact) mass is 281 g/mol. The van der Waals surface area contributed by atoms with Crippen LogP contribution >= 0.6 is 11.3 Å². The Bertz CT molecular complexity index is 737. The van der Waals surface area contributed by atoms with Crippen LogP contribution in [-0.4, -0.2) is 0 Å². The molecular formula is C18H19NS. The third kappa shape index (κ3) is 2.26. The lowest BCUT2D eigenvalue weighted by Crippen LogP contribution is -2.12. The van der Waals surface area contributed by atoms with E-state index in [1.165, 1.54) is 37.2 Å². The molecule has 1 heterocycles. The molecule has 20 heavy (non-hydrogen) atoms. The summed E-state index contributed by atoms with van der Waals surface area (Å²) in [7, 11) is 0. The molecular weight excluding hydrogens is 262 g/mol. The van der Waals surface area contributed by atoms with E-state index < -0.39 is 0 Å². The molecule has 0 aliphatic carbocycles. The lowest BCUT2D eigenvalue weighted by Gasteiger charge is -2.15. The van der Waals surface area contributed by atoms with Crippen molar-refractivity contribution in [2.45, 2.75) is 26.8 Å². The molecule has 0 bridgehead atoms. The molecule has 0 aliphatic heterocycles. The molecule has 0 aliphatic rings. The first-order valence-electron chi connectivity index (χ1n) is 6.88. The zero-order valence-electron chi connectivity index (χ0n) is 12.1. The van der Waals surface area contributed by atoms with Crippen molar-refractivity contribution in [3.63, 3.8) is 0 Å². The summed E-state index contributed by atoms with van der Waals surface area (Å²) < 4.78 is 1.31. The summed E-state index contributed by atoms with van der Waals surface area (Å²) in [5, 5.41) is 1.28. The molecule has 2 N–H and O–H groups in total. The maximum atomic E-state index is 6.51. The number of aryl methyl sites for hydroxylation is 3. The number of rotatable bonds is 2. The van der Waals surface area contributed by atoms with Crippen molar-refractivity contribution in [1.82, 2.24) is 0 Å². The third-order valence-corrected chi connectivity index (χ3v) is 5.17. The Morgan fingerprint density at radius 3 is 2.35 bits per heavy atom. The van der Waals surface area contributed by atoms with Gasteiger partial charge >= 0.3 is 0 Å². The van der Waals surface area contributed by atoms with Crippen LogP contribution in [0.25, 0.3) is 10.1 Å². The summed E-state index contributed by atoms with van der Waals surface area (Å²) in [4.78, 5) is 1.23. The number of thiophene rings is 1. The van der Waals surface area contributed by atoms with E-state index in [9.17, 15) is 0 Å². The van der Waals surface area contributed by atoms with Crippen LogP contribution in [0.5, 0.6) is 0 Å². The second-order valence-electron chi connectivity index (χ2n) is 5.46. The second-order valence-corrected chi connectivity index (χ2v) is 6.57. The minimum Gasteiger partial charge on any atom is -0.320 e. The van der Waals surface area contributed by atoms with Crippen LogP contribution in [0.4, 0.5) is 0 Å². The fourth-order valence-electron chi connectivity index (χ4n) is 2.63. The predicted molar refractivity (Wildman–Crippen MR) is 88.5 cm³/mol. The number of benzene rings is 2. The van der Waals surface area contributed by atoms with Gasteiger partial charge in [0.25, 0.3) is 0 Å². The molecule has 0 spiro atoms. The highest BCUT2D eigenvalue weighted by atomic mass is 32.1. The van der Waals surface area contributed by atoms with E-state index in [2.05, 4.69) is 63.2 Å². The summed E-state index contributed by atoms with van der Waals surface area (Å²) in [6.07, 6.45) is 0. The van der Waals surface area contributed by atoms with E-state index in [1.54, 1.807) is 11.3 Å². The van der Waals surface area contributed by atoms with Crippen LogP contribution in [0.1, 0.15) is 33.2 Å². The van der Waals surface area contributed by atoms with Crippen LogP contribution in [0, 0.1) is 20.8 Å². The molecule has 0 radical (unpaired) electrons. The van der Waals surface area contributed by atoms with Gasteiger partial charge in [-0.3, -0.25) is 0 Å². The number of hydrogen-bond acceptors (Lipinski definition) is 2. The maximum Gasteiger partial charge on any atom is 0.0649 e. The Balaban J connectivity index is 2.07. The summed E-state index contributed by atoms with van der Waals surface area (Å²) in [6, 6.07) is 15.1. The average molecular weight is 281 g/mol. The topological polar surface area (TPSA) is 26.0 Å². The summed E-state index contributed by atoms with van der Waals surface area (Å²) in [5.41, 5.74) is 11.7. The zero-order chi connectivity index (χ0) is 14.3. The van der Waals surface area contributed by atoms with Gasteiger partial charge in [0.15, 0.2) is 0 Å². The van der Waals surface area contributed by atoms with Crippen molar-refractivity contribution >= 4 is 21.4 Å². The lowest BCUT2D eigenvalue weighted by atomic mass is 9.95. The molecule has 1 unspecified atom stereocenters. The quantitative estimate of drug-likeness (QED) is 0.712. The fraction of sp³-hybridized carbons (Fsp3) is 0.222. The van der Waals surface area contributed by atoms with Gasteiger partial charge in [-0.1, -0.05) is 30.3 Å². The van der Waals surface area contributed by atoms with Crippen molar-refractivity contribution in [3.8, 4) is 0 Å². The standard InChI is InChI=1S/C18H19NS/c1-11-8-13(3)15(9-12(11)2)18(19)17-10-14-6-4-5-7-16(14)20-17/h4-10,18H,19H2,1-3H3. The molecule has 3 rings (SSSR count). The molecule has 1 aromatic heterocycles. The number of hydrogen-bond donors (Lipinski definition) is 1. The summed E-state index contributed by atoms with van der Waals surface area (Å²) in [5.74, 6) is 0. The number of fused-ring (bicyclic) bond motifs is 1. The Kier molecular flexibility index (Phi) is 3.36. The van der Waals surface area contributed by atoms with Gasteiger partial charge < -0.3 is 5.73 Å². The molecule has 3 aromatic rings. The van der Waals surface area contributed by atoms with Crippen molar-refractivity contribution in [1.29, 1.82) is 0 Å². The molecule has 2 heteroatoms. The van der Waals surface area contributed by atoms with Crippen molar-refractivity contribution in [2.75, 3.05) is 0 Å². The van der Waals surface area contributed by atoms with Gasteiger partial charge in [-0.25, -0.2) is 0 Å². The molecule has 1 atom stereocenters. The van der Waals surface area contributed by atoms with Crippen LogP contribution in [-0.2, 0) is 0 Å². The van der Waals surface area contributed by atoms with Crippen molar-refractivity contribution in [2.24, 2.45) is 5.73 Å². The van der Waals surface area contributed by atoms with Crippen LogP contribution in [0.2, 0.25) is 0 Å². The van der Waals surface area contributed by atoms with E-state index in [0.29, 0.717) is 0 Å². The first kappa shape index (κ1) is 13.3. The van der Waals surface area contributed by atoms with Gasteiger partial charge in [0.05, 0.1) is 6.04 Å². The van der Waals surface area contributed by atoms with E-state index in [-0.39, 0.29) is 6.04 Å². The maximum absolute atomic E-state index is 6.51. The Hall–Kier alpha value is -1.64. The van der Waals surface area contributed by atoms with E-state index >= 15 is 0 Å². The normalized spacial score (nSPS) is 12.8. The SMILES string of the molecule is Cc1cc(C)c(C(N)c2cc3ccccc3s2)cc1C. The molecule has 1 nitrogen and oxygen atoms in total. The fourth-order valence-corrected chi connectivity index (χ4v) is 3.71. The highest BCUT2D eigenvalue weighted by Crippen LogP contribution is 2.33. The van der Waals surface area contributed by atoms with Gasteiger partial charge in [-0.2, -0.15) is 0 Å². The van der Waals surface area contributed by atoms with Crippen molar-refractivity contribution < 1.29 is 0 Å². The van der Waals surface area contributed by atoms with E-state index in [4.69, 9.17) is 5.73 Å². The predicted octanol–water partition coefficient (Wildman–Crippen LogP) is 4.87. The highest BCUT2D eigenvalue weighted by molar-refractivity contribution is 7.19. The molecule has 2 aromatic carbocycles. The molecule has 0 amide bonds. The minimum atomic E-state index is -0.0355. The summed E-state index contributed by atoms with van der Waals surface area (Å²) in [6.45, 7) is 6.45. The Morgan fingerprint density at radius 1 is 0.900 bits per heavy atom. The second kappa shape index (κ2) is 5.04.